The van der Waals surface area contributed by atoms with Crippen LogP contribution in [-0.2, 0) is 61.9 Å². The van der Waals surface area contributed by atoms with Gasteiger partial charge in [-0.2, -0.15) is 0 Å². The van der Waals surface area contributed by atoms with Crippen LogP contribution in [0.3, 0.4) is 0 Å². The van der Waals surface area contributed by atoms with Crippen LogP contribution in [0, 0.1) is 6.92 Å². The molecule has 7 heterocycles. The molecule has 7 rings (SSSR count). The smallest absolute Gasteiger partial charge is 0.404 e. The highest BCUT2D eigenvalue weighted by molar-refractivity contribution is 7.14. The van der Waals surface area contributed by atoms with Gasteiger partial charge < -0.3 is 182 Å². The quantitative estimate of drug-likeness (QED) is 0.0144. The van der Waals surface area contributed by atoms with Crippen LogP contribution < -0.4 is 82.7 Å². The van der Waals surface area contributed by atoms with Gasteiger partial charge in [-0.25, -0.2) is 29.7 Å². The topological polar surface area (TPSA) is 820 Å². The minimum atomic E-state index is -2.27. The number of primary amides is 3. The number of rotatable bonds is 45. The van der Waals surface area contributed by atoms with Crippen molar-refractivity contribution in [2.24, 2.45) is 34.4 Å². The summed E-state index contributed by atoms with van der Waals surface area (Å²) in [6.07, 6.45) is -36.6. The molecule has 0 aromatic carbocycles. The number of H-pyrrole nitrogens is 1. The zero-order chi connectivity index (χ0) is 86.4. The van der Waals surface area contributed by atoms with E-state index in [1.54, 1.807) is 0 Å². The number of ether oxygens (including phenoxy) is 7. The van der Waals surface area contributed by atoms with E-state index in [2.05, 4.69) is 72.4 Å². The number of nitrogen functional groups attached to an aromatic ring is 1. The largest absolute Gasteiger partial charge is 0.441 e. The van der Waals surface area contributed by atoms with Gasteiger partial charge in [-0.1, -0.05) is 0 Å². The van der Waals surface area contributed by atoms with E-state index in [1.165, 1.54) is 24.6 Å². The molecule has 0 spiro atoms. The highest BCUT2D eigenvalue weighted by Crippen LogP contribution is 2.36. The predicted molar refractivity (Wildman–Crippen MR) is 401 cm³/mol. The summed E-state index contributed by atoms with van der Waals surface area (Å²) in [5, 5.41) is 155. The maximum Gasteiger partial charge on any atom is 0.404 e. The van der Waals surface area contributed by atoms with Gasteiger partial charge >= 0.3 is 6.09 Å². The molecular weight excluding hydrogens is 1600 g/mol. The fourth-order valence-electron chi connectivity index (χ4n) is 12.0. The standard InChI is InChI=1S/C66H105N21O28S2/c1-23-40(84-55(86-53(23)71)29(14-36(69)93)78-16-28(68)54(72)103)57(105)85-42(50(30-17-75-22-79-30)112-65-52(46(99)43(96)34(18-89)111-65)113-64-48(101)51(114-66(73)108)44(97)35(19-90)110-64)59(107)80-24(2)33(92)15-38(95)83-41(25(3)91)58(106)87-60(115-63-47(100)45(98)39(70)26(4)109-63)49(102)62-82-32(21-117-62)61-81-31(20-116-61)56(104)77-9-5-7-27(67)13-37(94)76-10-6-8-74-11-12-88/h17,20-22,24-29,33-35,39,41-52,60,63-65,74,78,88-92,96-102H,5-16,18-19,67-68,70H2,1-4H3,(H2,69,93)(H2,72,103)(H2,73,108)(H,75,79)(H,76,94)(H,77,104)(H,80,107)(H,83,95)(H,85,105)(H,87,106)(H2,71,84,86)/t24-,25-,26?,27?,28+,29+,33+,34?,35?,39?,41+,42+,43?,44?,45?,46?,47?,48?,49?,50+,51?,52?,60?,63?,64?,65?/m1/s1. The molecule has 3 aliphatic rings. The van der Waals surface area contributed by atoms with Crippen molar-refractivity contribution in [3.8, 4) is 10.7 Å². The summed E-state index contributed by atoms with van der Waals surface area (Å²) in [5.41, 5.74) is 39.5. The van der Waals surface area contributed by atoms with Gasteiger partial charge in [0.1, 0.15) is 112 Å². The summed E-state index contributed by atoms with van der Waals surface area (Å²) in [7, 11) is 0. The van der Waals surface area contributed by atoms with E-state index in [9.17, 15) is 89.7 Å². The van der Waals surface area contributed by atoms with Crippen LogP contribution in [0.15, 0.2) is 23.3 Å². The molecule has 49 nitrogen and oxygen atoms in total. The lowest BCUT2D eigenvalue weighted by Crippen LogP contribution is -2.65. The summed E-state index contributed by atoms with van der Waals surface area (Å²) < 4.78 is 40.4. The lowest BCUT2D eigenvalue weighted by Gasteiger charge is -2.47. The van der Waals surface area contributed by atoms with Crippen molar-refractivity contribution < 1.29 is 138 Å². The molecule has 3 aliphatic heterocycles. The van der Waals surface area contributed by atoms with Gasteiger partial charge in [0.25, 0.3) is 11.8 Å². The highest BCUT2D eigenvalue weighted by atomic mass is 32.1. The van der Waals surface area contributed by atoms with Crippen LogP contribution in [0.4, 0.5) is 10.6 Å². The van der Waals surface area contributed by atoms with Crippen molar-refractivity contribution in [2.75, 3.05) is 58.3 Å². The van der Waals surface area contributed by atoms with E-state index in [4.69, 9.17) is 78.4 Å². The number of aromatic nitrogens is 6. The molecule has 0 saturated carbocycles. The molecule has 117 heavy (non-hydrogen) atoms. The number of aliphatic hydroxyl groups is 12. The molecule has 0 radical (unpaired) electrons. The highest BCUT2D eigenvalue weighted by Gasteiger charge is 2.54. The molecular formula is C66H105N21O28S2. The molecule has 51 heteroatoms. The number of anilines is 1. The number of hydrogen-bond acceptors (Lipinski definition) is 41. The van der Waals surface area contributed by atoms with Gasteiger partial charge in [0.15, 0.2) is 37.3 Å². The van der Waals surface area contributed by atoms with E-state index in [1.807, 2.05) is 0 Å². The van der Waals surface area contributed by atoms with Gasteiger partial charge in [0, 0.05) is 61.4 Å². The van der Waals surface area contributed by atoms with E-state index in [-0.39, 0.29) is 58.1 Å². The van der Waals surface area contributed by atoms with Crippen molar-refractivity contribution in [3.05, 3.63) is 56.8 Å². The predicted octanol–water partition coefficient (Wildman–Crippen LogP) is -12.0. The average molecular weight is 1700 g/mol. The second-order valence-electron chi connectivity index (χ2n) is 27.8. The number of imidazole rings is 1. The minimum absolute atomic E-state index is 0.0000191. The third kappa shape index (κ3) is 26.5. The Morgan fingerprint density at radius 2 is 1.37 bits per heavy atom. The SMILES string of the molecule is Cc1c(N)nc([C@H](CC(N)=O)NC[C@H](N)C(N)=O)nc1C(=O)N[C@H](C(=O)N[C@H](C)[C@@H](O)CC(=O)N[C@H](C(=O)NC(OC1OC(C)C(N)C(O)C1O)C(O)c1nc(-c2nc(C(=O)NCCCC(N)CC(=O)NCCCNCCO)cs2)cs1)[C@@H](C)O)[C@@H](OC1OC(CO)C(O)C(O)C1OC1OC(CO)C(O)C(OC(N)=O)C1O)c1cnc[nH]1. The molecule has 4 aromatic heterocycles. The first-order valence-corrected chi connectivity index (χ1v) is 38.6. The number of carbonyl (C=O) groups excluding carboxylic acids is 9. The lowest BCUT2D eigenvalue weighted by molar-refractivity contribution is -0.372. The van der Waals surface area contributed by atoms with Crippen LogP contribution in [0.25, 0.3) is 10.7 Å². The Labute approximate surface area is 674 Å². The Hall–Kier alpha value is -8.54. The number of hydrogen-bond donors (Lipinski definition) is 28. The Kier molecular flexibility index (Phi) is 36.8. The molecule has 26 atom stereocenters. The van der Waals surface area contributed by atoms with E-state index >= 15 is 9.59 Å². The Morgan fingerprint density at radius 1 is 0.684 bits per heavy atom. The number of thiazole rings is 2. The zero-order valence-corrected chi connectivity index (χ0v) is 65.3. The van der Waals surface area contributed by atoms with Crippen LogP contribution >= 0.6 is 22.7 Å². The molecule has 3 saturated heterocycles. The summed E-state index contributed by atoms with van der Waals surface area (Å²) in [6.45, 7) is 4.08. The van der Waals surface area contributed by atoms with Gasteiger partial charge in [-0.15, -0.1) is 22.7 Å². The molecule has 0 bridgehead atoms. The van der Waals surface area contributed by atoms with Crippen LogP contribution in [0.2, 0.25) is 0 Å². The number of aromatic amines is 1. The maximum atomic E-state index is 15.3. The summed E-state index contributed by atoms with van der Waals surface area (Å²) in [5.74, 6) is -8.70. The van der Waals surface area contributed by atoms with Gasteiger partial charge in [0.05, 0.1) is 86.9 Å². The van der Waals surface area contributed by atoms with Gasteiger partial charge in [-0.05, 0) is 53.5 Å². The Balaban J connectivity index is 1.12. The number of nitrogens with zero attached hydrogens (tertiary/aromatic N) is 5. The van der Waals surface area contributed by atoms with Crippen LogP contribution in [0.1, 0.15) is 121 Å². The molecule has 3 fully saturated rings. The van der Waals surface area contributed by atoms with Crippen molar-refractivity contribution in [2.45, 2.75) is 225 Å². The lowest BCUT2D eigenvalue weighted by atomic mass is 9.97. The number of amides is 9. The van der Waals surface area contributed by atoms with Crippen molar-refractivity contribution in [1.82, 2.24) is 72.4 Å². The second-order valence-corrected chi connectivity index (χ2v) is 29.5. The van der Waals surface area contributed by atoms with Crippen LogP contribution in [0.5, 0.6) is 0 Å². The molecule has 654 valence electrons. The molecule has 0 aliphatic carbocycles. The van der Waals surface area contributed by atoms with Crippen molar-refractivity contribution >= 4 is 81.8 Å². The summed E-state index contributed by atoms with van der Waals surface area (Å²) in [4.78, 5) is 145. The Morgan fingerprint density at radius 3 is 2.02 bits per heavy atom. The molecule has 18 unspecified atom stereocenters. The Bertz CT molecular complexity index is 3920. The fraction of sp³-hybridized carbons (Fsp3) is 0.667. The normalized spacial score (nSPS) is 26.3. The van der Waals surface area contributed by atoms with E-state index in [0.717, 1.165) is 49.0 Å². The van der Waals surface area contributed by atoms with Crippen molar-refractivity contribution in [3.63, 3.8) is 0 Å². The van der Waals surface area contributed by atoms with Gasteiger partial charge in [0.2, 0.25) is 35.4 Å². The number of nitrogens with two attached hydrogens (primary N) is 7. The fourth-order valence-corrected chi connectivity index (χ4v) is 13.7. The monoisotopic (exact) mass is 1700 g/mol. The third-order valence-corrected chi connectivity index (χ3v) is 20.6. The summed E-state index contributed by atoms with van der Waals surface area (Å²) in [6, 6.07) is -10.2. The third-order valence-electron chi connectivity index (χ3n) is 18.8. The first-order chi connectivity index (χ1) is 55.4. The first-order valence-electron chi connectivity index (χ1n) is 36.8. The molecule has 9 amide bonds. The number of nitrogens with one attached hydrogen (secondary N) is 9. The van der Waals surface area contributed by atoms with E-state index < -0.39 is 256 Å². The molecule has 35 N–H and O–H groups in total. The second kappa shape index (κ2) is 45.0. The summed E-state index contributed by atoms with van der Waals surface area (Å²) >= 11 is 1.82. The van der Waals surface area contributed by atoms with Crippen molar-refractivity contribution in [1.29, 1.82) is 0 Å². The zero-order valence-electron chi connectivity index (χ0n) is 63.7. The average Bonchev–Trinajstić information content (AvgIpc) is 1.68. The number of carbonyl (C=O) groups is 9. The molecule has 4 aromatic rings. The van der Waals surface area contributed by atoms with Crippen LogP contribution in [-0.4, -0.2) is 338 Å². The number of aliphatic hydroxyl groups excluding tert-OH is 12. The first kappa shape index (κ1) is 95.6. The maximum absolute atomic E-state index is 15.3. The minimum Gasteiger partial charge on any atom is -0.441 e. The van der Waals surface area contributed by atoms with E-state index in [0.29, 0.717) is 38.9 Å². The van der Waals surface area contributed by atoms with Gasteiger partial charge in [-0.3, -0.25) is 38.4 Å².